The van der Waals surface area contributed by atoms with E-state index in [2.05, 4.69) is 16.9 Å². The zero-order chi connectivity index (χ0) is 8.72. The number of nitrogens with one attached hydrogen (secondary N) is 2. The Morgan fingerprint density at radius 3 is 3.25 bits per heavy atom. The van der Waals surface area contributed by atoms with E-state index < -0.39 is 0 Å². The van der Waals surface area contributed by atoms with Gasteiger partial charge in [-0.1, -0.05) is 6.58 Å². The Hall–Kier alpha value is -1.58. The van der Waals surface area contributed by atoms with Crippen LogP contribution in [-0.4, -0.2) is 15.3 Å². The summed E-state index contributed by atoms with van der Waals surface area (Å²) >= 11 is 0. The lowest BCUT2D eigenvalue weighted by molar-refractivity contribution is 0.856. The number of hydrogen-bond acceptors (Lipinski definition) is 3. The van der Waals surface area contributed by atoms with Gasteiger partial charge < -0.3 is 15.3 Å². The monoisotopic (exact) mass is 162 g/mol. The van der Waals surface area contributed by atoms with Gasteiger partial charge in [-0.05, 0) is 0 Å². The zero-order valence-corrected chi connectivity index (χ0v) is 6.89. The first-order chi connectivity index (χ1) is 5.68. The van der Waals surface area contributed by atoms with Crippen LogP contribution in [0, 0.1) is 5.41 Å². The summed E-state index contributed by atoms with van der Waals surface area (Å²) in [5.74, 6) is 0.832. The van der Waals surface area contributed by atoms with Crippen LogP contribution in [0.25, 0.3) is 0 Å². The molecule has 0 saturated carbocycles. The van der Waals surface area contributed by atoms with Crippen molar-refractivity contribution in [2.45, 2.75) is 6.42 Å². The lowest BCUT2D eigenvalue weighted by atomic mass is 10.1. The lowest BCUT2D eigenvalue weighted by Gasteiger charge is -2.17. The van der Waals surface area contributed by atoms with E-state index in [9.17, 15) is 0 Å². The summed E-state index contributed by atoms with van der Waals surface area (Å²) in [6.45, 7) is 3.72. The van der Waals surface area contributed by atoms with Crippen molar-refractivity contribution >= 4 is 11.5 Å². The van der Waals surface area contributed by atoms with E-state index in [1.54, 1.807) is 6.33 Å². The number of fused-ring (bicyclic) bond motifs is 1. The molecule has 4 nitrogen and oxygen atoms in total. The first kappa shape index (κ1) is 7.09. The van der Waals surface area contributed by atoms with Gasteiger partial charge in [-0.2, -0.15) is 0 Å². The van der Waals surface area contributed by atoms with Gasteiger partial charge in [-0.15, -0.1) is 0 Å². The van der Waals surface area contributed by atoms with Gasteiger partial charge in [0.15, 0.2) is 5.82 Å². The second kappa shape index (κ2) is 2.20. The summed E-state index contributed by atoms with van der Waals surface area (Å²) in [5, 5.41) is 10.5. The van der Waals surface area contributed by atoms with Crippen molar-refractivity contribution in [3.63, 3.8) is 0 Å². The van der Waals surface area contributed by atoms with Gasteiger partial charge in [0.05, 0.1) is 23.4 Å². The van der Waals surface area contributed by atoms with Gasteiger partial charge in [0, 0.05) is 13.5 Å². The molecule has 12 heavy (non-hydrogen) atoms. The molecule has 1 aliphatic rings. The van der Waals surface area contributed by atoms with E-state index in [4.69, 9.17) is 5.41 Å². The molecule has 2 N–H and O–H groups in total. The van der Waals surface area contributed by atoms with E-state index in [1.165, 1.54) is 0 Å². The second-order valence-electron chi connectivity index (χ2n) is 2.91. The van der Waals surface area contributed by atoms with Crippen molar-refractivity contribution < 1.29 is 0 Å². The fourth-order valence-electron chi connectivity index (χ4n) is 1.26. The number of aryl methyl sites for hydroxylation is 1. The average molecular weight is 162 g/mol. The van der Waals surface area contributed by atoms with E-state index in [0.717, 1.165) is 11.5 Å². The Balaban J connectivity index is 2.49. The van der Waals surface area contributed by atoms with Gasteiger partial charge in [0.2, 0.25) is 0 Å². The summed E-state index contributed by atoms with van der Waals surface area (Å²) in [6, 6.07) is 0. The number of rotatable bonds is 0. The van der Waals surface area contributed by atoms with E-state index in [0.29, 0.717) is 17.8 Å². The minimum absolute atomic E-state index is 0.533. The van der Waals surface area contributed by atoms with Crippen LogP contribution in [0.4, 0.5) is 5.82 Å². The molecule has 0 aromatic carbocycles. The minimum atomic E-state index is 0.533. The molecule has 2 heterocycles. The van der Waals surface area contributed by atoms with Crippen LogP contribution in [0.5, 0.6) is 0 Å². The first-order valence-corrected chi connectivity index (χ1v) is 3.72. The first-order valence-electron chi connectivity index (χ1n) is 3.72. The highest BCUT2D eigenvalue weighted by Gasteiger charge is 2.18. The summed E-state index contributed by atoms with van der Waals surface area (Å²) in [5.41, 5.74) is 2.24. The van der Waals surface area contributed by atoms with Crippen molar-refractivity contribution in [1.82, 2.24) is 9.55 Å². The Labute approximate surface area is 70.4 Å². The fourth-order valence-corrected chi connectivity index (χ4v) is 1.26. The Bertz CT molecular complexity index is 361. The molecule has 0 spiro atoms. The topological polar surface area (TPSA) is 53.7 Å². The molecule has 62 valence electrons. The van der Waals surface area contributed by atoms with Gasteiger partial charge in [0.25, 0.3) is 0 Å². The Morgan fingerprint density at radius 2 is 2.50 bits per heavy atom. The molecule has 0 fully saturated rings. The summed E-state index contributed by atoms with van der Waals surface area (Å²) in [4.78, 5) is 4.14. The maximum atomic E-state index is 7.56. The largest absolute Gasteiger partial charge is 0.338 e. The summed E-state index contributed by atoms with van der Waals surface area (Å²) in [6.07, 6.45) is 2.36. The third-order valence-corrected chi connectivity index (χ3v) is 2.04. The number of aromatic nitrogens is 2. The number of hydrogen-bond donors (Lipinski definition) is 2. The minimum Gasteiger partial charge on any atom is -0.338 e. The highest BCUT2D eigenvalue weighted by atomic mass is 15.1. The molecule has 0 radical (unpaired) electrons. The van der Waals surface area contributed by atoms with Gasteiger partial charge >= 0.3 is 0 Å². The van der Waals surface area contributed by atoms with Gasteiger partial charge in [-0.3, -0.25) is 0 Å². The van der Waals surface area contributed by atoms with E-state index >= 15 is 0 Å². The molecule has 0 bridgehead atoms. The quantitative estimate of drug-likeness (QED) is 0.596. The molecule has 2 rings (SSSR count). The number of anilines is 1. The molecule has 0 unspecified atom stereocenters. The van der Waals surface area contributed by atoms with E-state index in [1.807, 2.05) is 11.6 Å². The zero-order valence-electron chi connectivity index (χ0n) is 6.89. The molecular weight excluding hydrogens is 152 g/mol. The van der Waals surface area contributed by atoms with Crippen LogP contribution in [0.1, 0.15) is 5.69 Å². The molecule has 0 amide bonds. The smallest absolute Gasteiger partial charge is 0.152 e. The number of allylic oxidation sites excluding steroid dienone is 1. The average Bonchev–Trinajstić information content (AvgIpc) is 2.35. The number of nitrogens with zero attached hydrogens (tertiary/aromatic N) is 2. The highest BCUT2D eigenvalue weighted by molar-refractivity contribution is 6.03. The summed E-state index contributed by atoms with van der Waals surface area (Å²) in [7, 11) is 1.93. The van der Waals surface area contributed by atoms with Gasteiger partial charge in [0.1, 0.15) is 0 Å². The van der Waals surface area contributed by atoms with Crippen molar-refractivity contribution in [3.05, 3.63) is 24.3 Å². The molecular formula is C8H10N4. The predicted octanol–water partition coefficient (Wildman–Crippen LogP) is 0.922. The SMILES string of the molecule is C=C1Nc2ncn(C)c2CC1=N. The predicted molar refractivity (Wildman–Crippen MR) is 47.4 cm³/mol. The normalized spacial score (nSPS) is 15.8. The number of imidazole rings is 1. The molecule has 0 atom stereocenters. The van der Waals surface area contributed by atoms with Crippen LogP contribution in [0.3, 0.4) is 0 Å². The van der Waals surface area contributed by atoms with Crippen molar-refractivity contribution in [3.8, 4) is 0 Å². The van der Waals surface area contributed by atoms with Crippen molar-refractivity contribution in [1.29, 1.82) is 5.41 Å². The molecule has 1 aliphatic heterocycles. The van der Waals surface area contributed by atoms with Crippen LogP contribution in [-0.2, 0) is 13.5 Å². The molecule has 1 aromatic rings. The molecule has 4 heteroatoms. The van der Waals surface area contributed by atoms with Crippen molar-refractivity contribution in [2.24, 2.45) is 7.05 Å². The second-order valence-corrected chi connectivity index (χ2v) is 2.91. The van der Waals surface area contributed by atoms with Crippen LogP contribution in [0.2, 0.25) is 0 Å². The Kier molecular flexibility index (Phi) is 1.30. The van der Waals surface area contributed by atoms with Gasteiger partial charge in [-0.25, -0.2) is 4.98 Å². The fraction of sp³-hybridized carbons (Fsp3) is 0.250. The maximum Gasteiger partial charge on any atom is 0.152 e. The molecule has 0 saturated heterocycles. The van der Waals surface area contributed by atoms with E-state index in [-0.39, 0.29) is 0 Å². The van der Waals surface area contributed by atoms with Crippen LogP contribution >= 0.6 is 0 Å². The third kappa shape index (κ3) is 0.845. The van der Waals surface area contributed by atoms with Crippen LogP contribution < -0.4 is 5.32 Å². The third-order valence-electron chi connectivity index (χ3n) is 2.04. The molecule has 0 aliphatic carbocycles. The standard InChI is InChI=1S/C8H10N4/c1-5-6(9)3-7-8(11-5)10-4-12(7)2/h4,9,11H,1,3H2,2H3. The van der Waals surface area contributed by atoms with Crippen molar-refractivity contribution in [2.75, 3.05) is 5.32 Å². The maximum absolute atomic E-state index is 7.56. The summed E-state index contributed by atoms with van der Waals surface area (Å²) < 4.78 is 1.92. The van der Waals surface area contributed by atoms with Crippen LogP contribution in [0.15, 0.2) is 18.6 Å². The molecule has 1 aromatic heterocycles. The Morgan fingerprint density at radius 1 is 1.75 bits per heavy atom. The lowest BCUT2D eigenvalue weighted by Crippen LogP contribution is -2.20. The highest BCUT2D eigenvalue weighted by Crippen LogP contribution is 2.21.